The third-order valence-electron chi connectivity index (χ3n) is 5.64. The van der Waals surface area contributed by atoms with Crippen molar-refractivity contribution in [1.82, 2.24) is 15.2 Å². The summed E-state index contributed by atoms with van der Waals surface area (Å²) in [5, 5.41) is 3.63. The van der Waals surface area contributed by atoms with E-state index in [4.69, 9.17) is 16.3 Å². The number of benzene rings is 1. The first-order chi connectivity index (χ1) is 13.6. The van der Waals surface area contributed by atoms with Crippen molar-refractivity contribution in [1.29, 1.82) is 0 Å². The molecule has 3 heterocycles. The van der Waals surface area contributed by atoms with Crippen LogP contribution in [0.5, 0.6) is 5.75 Å². The van der Waals surface area contributed by atoms with Crippen LogP contribution in [0.25, 0.3) is 0 Å². The van der Waals surface area contributed by atoms with Gasteiger partial charge in [-0.1, -0.05) is 11.6 Å². The molecule has 0 saturated carbocycles. The van der Waals surface area contributed by atoms with Crippen LogP contribution in [-0.4, -0.2) is 46.9 Å². The summed E-state index contributed by atoms with van der Waals surface area (Å²) in [4.78, 5) is 31.6. The van der Waals surface area contributed by atoms with Gasteiger partial charge in [-0.15, -0.1) is 0 Å². The molecule has 2 bridgehead atoms. The Labute approximate surface area is 168 Å². The topological polar surface area (TPSA) is 71.5 Å². The summed E-state index contributed by atoms with van der Waals surface area (Å²) in [5.74, 6) is 0.385. The minimum absolute atomic E-state index is 0.0502. The minimum atomic E-state index is -0.0944. The van der Waals surface area contributed by atoms with E-state index in [0.717, 1.165) is 25.7 Å². The van der Waals surface area contributed by atoms with Gasteiger partial charge in [0, 0.05) is 41.1 Å². The second-order valence-corrected chi connectivity index (χ2v) is 7.76. The fourth-order valence-corrected chi connectivity index (χ4v) is 4.56. The van der Waals surface area contributed by atoms with Crippen LogP contribution in [-0.2, 0) is 0 Å². The minimum Gasteiger partial charge on any atom is -0.496 e. The number of fused-ring (bicyclic) bond motifs is 2. The maximum atomic E-state index is 13.2. The monoisotopic (exact) mass is 399 g/mol. The molecular formula is C21H22ClN3O3. The fourth-order valence-electron chi connectivity index (χ4n) is 4.38. The van der Waals surface area contributed by atoms with Crippen molar-refractivity contribution in [2.45, 2.75) is 43.8 Å². The van der Waals surface area contributed by atoms with Gasteiger partial charge in [0.1, 0.15) is 5.75 Å². The molecule has 0 aliphatic carbocycles. The largest absolute Gasteiger partial charge is 0.496 e. The molecule has 2 saturated heterocycles. The van der Waals surface area contributed by atoms with Gasteiger partial charge in [-0.05, 0) is 56.0 Å². The maximum absolute atomic E-state index is 13.2. The van der Waals surface area contributed by atoms with E-state index in [1.165, 1.54) is 0 Å². The predicted octanol–water partition coefficient (Wildman–Crippen LogP) is 3.31. The molecule has 2 amide bonds. The lowest BCUT2D eigenvalue weighted by molar-refractivity contribution is 0.0546. The number of ether oxygens (including phenoxy) is 1. The van der Waals surface area contributed by atoms with E-state index in [9.17, 15) is 9.59 Å². The van der Waals surface area contributed by atoms with Gasteiger partial charge in [-0.25, -0.2) is 0 Å². The lowest BCUT2D eigenvalue weighted by Gasteiger charge is -2.39. The third-order valence-corrected chi connectivity index (χ3v) is 5.87. The molecule has 2 aliphatic heterocycles. The van der Waals surface area contributed by atoms with Gasteiger partial charge < -0.3 is 15.0 Å². The van der Waals surface area contributed by atoms with Gasteiger partial charge in [-0.3, -0.25) is 14.6 Å². The van der Waals surface area contributed by atoms with E-state index in [0.29, 0.717) is 21.9 Å². The summed E-state index contributed by atoms with van der Waals surface area (Å²) in [6.07, 6.45) is 6.61. The number of halogens is 1. The molecule has 28 heavy (non-hydrogen) atoms. The van der Waals surface area contributed by atoms with E-state index in [-0.39, 0.29) is 29.9 Å². The number of nitrogens with one attached hydrogen (secondary N) is 1. The van der Waals surface area contributed by atoms with Crippen LogP contribution in [0.15, 0.2) is 42.7 Å². The summed E-state index contributed by atoms with van der Waals surface area (Å²) in [6, 6.07) is 8.78. The zero-order chi connectivity index (χ0) is 19.7. The maximum Gasteiger partial charge on any atom is 0.258 e. The van der Waals surface area contributed by atoms with Gasteiger partial charge in [0.2, 0.25) is 0 Å². The molecule has 1 N–H and O–H groups in total. The van der Waals surface area contributed by atoms with Crippen LogP contribution < -0.4 is 10.1 Å². The molecule has 2 unspecified atom stereocenters. The Bertz CT molecular complexity index is 876. The van der Waals surface area contributed by atoms with Gasteiger partial charge in [0.15, 0.2) is 0 Å². The van der Waals surface area contributed by atoms with E-state index >= 15 is 0 Å². The molecule has 1 aromatic heterocycles. The summed E-state index contributed by atoms with van der Waals surface area (Å²) in [7, 11) is 1.55. The molecule has 2 fully saturated rings. The van der Waals surface area contributed by atoms with E-state index < -0.39 is 0 Å². The van der Waals surface area contributed by atoms with Crippen molar-refractivity contribution >= 4 is 23.4 Å². The quantitative estimate of drug-likeness (QED) is 0.856. The van der Waals surface area contributed by atoms with E-state index in [2.05, 4.69) is 10.3 Å². The average molecular weight is 400 g/mol. The Hall–Kier alpha value is -2.60. The predicted molar refractivity (Wildman–Crippen MR) is 106 cm³/mol. The summed E-state index contributed by atoms with van der Waals surface area (Å²) in [6.45, 7) is 0. The number of aromatic nitrogens is 1. The van der Waals surface area contributed by atoms with Crippen molar-refractivity contribution in [3.63, 3.8) is 0 Å². The summed E-state index contributed by atoms with van der Waals surface area (Å²) in [5.41, 5.74) is 1.09. The van der Waals surface area contributed by atoms with Crippen molar-refractivity contribution in [3.8, 4) is 5.75 Å². The lowest BCUT2D eigenvalue weighted by atomic mass is 9.95. The number of piperidine rings is 1. The average Bonchev–Trinajstić information content (AvgIpc) is 2.98. The molecule has 2 atom stereocenters. The Balaban J connectivity index is 1.48. The number of pyridine rings is 1. The number of hydrogen-bond donors (Lipinski definition) is 1. The molecular weight excluding hydrogens is 378 g/mol. The summed E-state index contributed by atoms with van der Waals surface area (Å²) < 4.78 is 5.36. The smallest absolute Gasteiger partial charge is 0.258 e. The first kappa shape index (κ1) is 18.7. The standard InChI is InChI=1S/C21H22ClN3O3/c1-28-19-5-2-14(22)10-18(19)21(27)25-16-3-4-17(25)12-15(11-16)24-20(26)13-6-8-23-9-7-13/h2,5-10,15-17H,3-4,11-12H2,1H3,(H,24,26). The molecule has 146 valence electrons. The first-order valence-electron chi connectivity index (χ1n) is 9.44. The van der Waals surface area contributed by atoms with E-state index in [1.807, 2.05) is 4.90 Å². The number of nitrogens with zero attached hydrogens (tertiary/aromatic N) is 2. The molecule has 6 nitrogen and oxygen atoms in total. The van der Waals surface area contributed by atoms with Crippen LogP contribution in [0.3, 0.4) is 0 Å². The second-order valence-electron chi connectivity index (χ2n) is 7.32. The molecule has 2 aliphatic rings. The fraction of sp³-hybridized carbons (Fsp3) is 0.381. The van der Waals surface area contributed by atoms with Gasteiger partial charge >= 0.3 is 0 Å². The number of rotatable bonds is 4. The second kappa shape index (κ2) is 7.80. The van der Waals surface area contributed by atoms with Gasteiger partial charge in [0.05, 0.1) is 12.7 Å². The van der Waals surface area contributed by atoms with Gasteiger partial charge in [-0.2, -0.15) is 0 Å². The Kier molecular flexibility index (Phi) is 5.22. The van der Waals surface area contributed by atoms with Crippen molar-refractivity contribution in [2.24, 2.45) is 0 Å². The van der Waals surface area contributed by atoms with E-state index in [1.54, 1.807) is 49.8 Å². The highest BCUT2D eigenvalue weighted by Gasteiger charge is 2.44. The van der Waals surface area contributed by atoms with Gasteiger partial charge in [0.25, 0.3) is 11.8 Å². The zero-order valence-electron chi connectivity index (χ0n) is 15.6. The normalized spacial score (nSPS) is 23.4. The summed E-state index contributed by atoms with van der Waals surface area (Å²) >= 11 is 6.11. The van der Waals surface area contributed by atoms with Crippen molar-refractivity contribution in [2.75, 3.05) is 7.11 Å². The third kappa shape index (κ3) is 3.56. The first-order valence-corrected chi connectivity index (χ1v) is 9.81. The highest BCUT2D eigenvalue weighted by Crippen LogP contribution is 2.38. The highest BCUT2D eigenvalue weighted by atomic mass is 35.5. The van der Waals surface area contributed by atoms with Crippen LogP contribution in [0.1, 0.15) is 46.4 Å². The molecule has 7 heteroatoms. The van der Waals surface area contributed by atoms with Crippen LogP contribution in [0.2, 0.25) is 5.02 Å². The molecule has 1 aromatic carbocycles. The van der Waals surface area contributed by atoms with Crippen molar-refractivity contribution < 1.29 is 14.3 Å². The Morgan fingerprint density at radius 1 is 1.14 bits per heavy atom. The zero-order valence-corrected chi connectivity index (χ0v) is 16.4. The number of hydrogen-bond acceptors (Lipinski definition) is 4. The highest BCUT2D eigenvalue weighted by molar-refractivity contribution is 6.31. The number of amides is 2. The lowest BCUT2D eigenvalue weighted by Crippen LogP contribution is -2.52. The number of methoxy groups -OCH3 is 1. The van der Waals surface area contributed by atoms with Crippen LogP contribution in [0.4, 0.5) is 0 Å². The van der Waals surface area contributed by atoms with Crippen molar-refractivity contribution in [3.05, 3.63) is 58.9 Å². The van der Waals surface area contributed by atoms with Crippen LogP contribution in [0, 0.1) is 0 Å². The SMILES string of the molecule is COc1ccc(Cl)cc1C(=O)N1C2CCC1CC(NC(=O)c1ccncc1)C2. The Morgan fingerprint density at radius 2 is 1.82 bits per heavy atom. The molecule has 0 radical (unpaired) electrons. The molecule has 4 rings (SSSR count). The number of carbonyl (C=O) groups is 2. The van der Waals surface area contributed by atoms with Crippen LogP contribution >= 0.6 is 11.6 Å². The Morgan fingerprint density at radius 3 is 2.46 bits per heavy atom. The number of carbonyl (C=O) groups excluding carboxylic acids is 2. The molecule has 2 aromatic rings. The molecule has 0 spiro atoms.